The quantitative estimate of drug-likeness (QED) is 0.875. The molecule has 1 saturated heterocycles. The first-order chi connectivity index (χ1) is 12.1. The van der Waals surface area contributed by atoms with Crippen molar-refractivity contribution >= 4 is 23.3 Å². The number of hydrogen-bond acceptors (Lipinski definition) is 4. The summed E-state index contributed by atoms with van der Waals surface area (Å²) in [6, 6.07) is 14.7. The molecule has 0 bridgehead atoms. The van der Waals surface area contributed by atoms with E-state index in [-0.39, 0.29) is 12.5 Å². The van der Waals surface area contributed by atoms with Crippen molar-refractivity contribution in [3.05, 3.63) is 54.1 Å². The number of likely N-dealkylation sites (tertiary alicyclic amines) is 1. The van der Waals surface area contributed by atoms with E-state index in [4.69, 9.17) is 9.84 Å². The lowest BCUT2D eigenvalue weighted by Gasteiger charge is -2.19. The number of carbonyl (C=O) groups is 2. The highest BCUT2D eigenvalue weighted by atomic mass is 16.5. The number of rotatable bonds is 5. The number of para-hydroxylation sites is 1. The first kappa shape index (κ1) is 16.8. The van der Waals surface area contributed by atoms with Crippen LogP contribution in [0.1, 0.15) is 16.8 Å². The number of benzene rings is 2. The average molecular weight is 340 g/mol. The Morgan fingerprint density at radius 2 is 2.00 bits per heavy atom. The molecule has 2 aromatic rings. The predicted octanol–water partition coefficient (Wildman–Crippen LogP) is 2.99. The molecule has 2 N–H and O–H groups in total. The van der Waals surface area contributed by atoms with Gasteiger partial charge in [0, 0.05) is 24.8 Å². The Labute approximate surface area is 146 Å². The van der Waals surface area contributed by atoms with E-state index in [2.05, 4.69) is 5.32 Å². The lowest BCUT2D eigenvalue weighted by molar-refractivity contribution is -0.141. The summed E-state index contributed by atoms with van der Waals surface area (Å²) in [5.41, 5.74) is 2.01. The van der Waals surface area contributed by atoms with Crippen molar-refractivity contribution in [1.29, 1.82) is 0 Å². The van der Waals surface area contributed by atoms with Gasteiger partial charge in [-0.15, -0.1) is 0 Å². The van der Waals surface area contributed by atoms with E-state index in [1.807, 2.05) is 36.4 Å². The van der Waals surface area contributed by atoms with Gasteiger partial charge in [0.05, 0.1) is 24.3 Å². The van der Waals surface area contributed by atoms with Crippen molar-refractivity contribution in [2.45, 2.75) is 6.42 Å². The maximum absolute atomic E-state index is 12.8. The van der Waals surface area contributed by atoms with E-state index < -0.39 is 11.9 Å². The Morgan fingerprint density at radius 1 is 1.20 bits per heavy atom. The van der Waals surface area contributed by atoms with Gasteiger partial charge in [0.2, 0.25) is 0 Å². The molecule has 1 unspecified atom stereocenters. The van der Waals surface area contributed by atoms with Crippen LogP contribution in [0.5, 0.6) is 5.75 Å². The van der Waals surface area contributed by atoms with E-state index in [0.717, 1.165) is 11.4 Å². The number of ether oxygens (including phenoxy) is 1. The number of carboxylic acid groups (broad SMARTS) is 1. The second-order valence-electron chi connectivity index (χ2n) is 5.98. The fourth-order valence-electron chi connectivity index (χ4n) is 2.95. The molecule has 1 amide bonds. The van der Waals surface area contributed by atoms with Crippen LogP contribution >= 0.6 is 0 Å². The summed E-state index contributed by atoms with van der Waals surface area (Å²) in [6.45, 7) is 0.713. The summed E-state index contributed by atoms with van der Waals surface area (Å²) in [6.07, 6.45) is 0.493. The summed E-state index contributed by atoms with van der Waals surface area (Å²) in [7, 11) is 1.60. The van der Waals surface area contributed by atoms with Gasteiger partial charge in [-0.2, -0.15) is 0 Å². The second-order valence-corrected chi connectivity index (χ2v) is 5.98. The average Bonchev–Trinajstić information content (AvgIpc) is 3.12. The number of carbonyl (C=O) groups excluding carboxylic acids is 1. The number of amides is 1. The maximum atomic E-state index is 12.8. The normalized spacial score (nSPS) is 16.5. The molecule has 0 spiro atoms. The molecule has 25 heavy (non-hydrogen) atoms. The van der Waals surface area contributed by atoms with Crippen molar-refractivity contribution in [3.8, 4) is 5.75 Å². The highest BCUT2D eigenvalue weighted by Gasteiger charge is 2.31. The predicted molar refractivity (Wildman–Crippen MR) is 94.4 cm³/mol. The van der Waals surface area contributed by atoms with E-state index in [1.54, 1.807) is 24.1 Å². The highest BCUT2D eigenvalue weighted by Crippen LogP contribution is 2.26. The molecule has 6 nitrogen and oxygen atoms in total. The number of anilines is 2. The summed E-state index contributed by atoms with van der Waals surface area (Å²) < 4.78 is 5.21. The third kappa shape index (κ3) is 3.74. The molecule has 1 fully saturated rings. The van der Waals surface area contributed by atoms with Crippen LogP contribution in [-0.4, -0.2) is 42.1 Å². The van der Waals surface area contributed by atoms with Crippen LogP contribution in [0.15, 0.2) is 48.5 Å². The maximum Gasteiger partial charge on any atom is 0.308 e. The molecule has 0 aliphatic carbocycles. The fourth-order valence-corrected chi connectivity index (χ4v) is 2.95. The Hall–Kier alpha value is -3.02. The van der Waals surface area contributed by atoms with E-state index >= 15 is 0 Å². The molecule has 2 aromatic carbocycles. The van der Waals surface area contributed by atoms with Crippen molar-refractivity contribution in [2.24, 2.45) is 5.92 Å². The van der Waals surface area contributed by atoms with Crippen molar-refractivity contribution in [3.63, 3.8) is 0 Å². The van der Waals surface area contributed by atoms with Gasteiger partial charge >= 0.3 is 5.97 Å². The minimum Gasteiger partial charge on any atom is -0.497 e. The third-order valence-electron chi connectivity index (χ3n) is 4.33. The number of carboxylic acids is 1. The van der Waals surface area contributed by atoms with E-state index in [9.17, 15) is 9.59 Å². The van der Waals surface area contributed by atoms with Crippen LogP contribution in [-0.2, 0) is 4.79 Å². The van der Waals surface area contributed by atoms with Gasteiger partial charge in [-0.1, -0.05) is 18.2 Å². The Kier molecular flexibility index (Phi) is 4.88. The largest absolute Gasteiger partial charge is 0.497 e. The molecule has 1 atom stereocenters. The first-order valence-corrected chi connectivity index (χ1v) is 8.10. The van der Waals surface area contributed by atoms with Crippen LogP contribution in [0, 0.1) is 5.92 Å². The monoisotopic (exact) mass is 340 g/mol. The molecule has 1 aliphatic heterocycles. The number of nitrogens with zero attached hydrogens (tertiary/aromatic N) is 1. The van der Waals surface area contributed by atoms with Crippen LogP contribution in [0.25, 0.3) is 0 Å². The molecule has 0 radical (unpaired) electrons. The minimum atomic E-state index is -0.849. The van der Waals surface area contributed by atoms with Crippen LogP contribution in [0.4, 0.5) is 11.4 Å². The zero-order chi connectivity index (χ0) is 17.8. The zero-order valence-electron chi connectivity index (χ0n) is 13.9. The van der Waals surface area contributed by atoms with Crippen LogP contribution in [0.3, 0.4) is 0 Å². The Morgan fingerprint density at radius 3 is 2.72 bits per heavy atom. The molecular weight excluding hydrogens is 320 g/mol. The van der Waals surface area contributed by atoms with Gasteiger partial charge < -0.3 is 20.1 Å². The van der Waals surface area contributed by atoms with Gasteiger partial charge in [-0.05, 0) is 30.7 Å². The highest BCUT2D eigenvalue weighted by molar-refractivity contribution is 6.00. The minimum absolute atomic E-state index is 0.158. The van der Waals surface area contributed by atoms with Gasteiger partial charge in [0.1, 0.15) is 5.75 Å². The van der Waals surface area contributed by atoms with Gasteiger partial charge in [0.25, 0.3) is 5.91 Å². The molecule has 1 heterocycles. The molecule has 130 valence electrons. The zero-order valence-corrected chi connectivity index (χ0v) is 13.9. The lowest BCUT2D eigenvalue weighted by atomic mass is 10.1. The Bertz CT molecular complexity index is 790. The summed E-state index contributed by atoms with van der Waals surface area (Å²) >= 11 is 0. The molecule has 1 aliphatic rings. The summed E-state index contributed by atoms with van der Waals surface area (Å²) in [5, 5.41) is 12.4. The number of methoxy groups -OCH3 is 1. The molecule has 6 heteroatoms. The number of aliphatic carboxylic acids is 1. The topological polar surface area (TPSA) is 78.9 Å². The van der Waals surface area contributed by atoms with Crippen molar-refractivity contribution in [2.75, 3.05) is 25.5 Å². The SMILES string of the molecule is COc1cccc(Nc2ccccc2C(=O)N2CCC(C(=O)O)C2)c1. The molecule has 0 saturated carbocycles. The first-order valence-electron chi connectivity index (χ1n) is 8.10. The molecule has 3 rings (SSSR count). The molecule has 0 aromatic heterocycles. The standard InChI is InChI=1S/C19H20N2O4/c1-25-15-6-4-5-14(11-15)20-17-8-3-2-7-16(17)18(22)21-10-9-13(12-21)19(23)24/h2-8,11,13,20H,9-10,12H2,1H3,(H,23,24). The van der Waals surface area contributed by atoms with Crippen LogP contribution < -0.4 is 10.1 Å². The summed E-state index contributed by atoms with van der Waals surface area (Å²) in [5.74, 6) is -0.770. The number of hydrogen-bond donors (Lipinski definition) is 2. The van der Waals surface area contributed by atoms with Crippen molar-refractivity contribution < 1.29 is 19.4 Å². The molecular formula is C19H20N2O4. The second kappa shape index (κ2) is 7.25. The van der Waals surface area contributed by atoms with Crippen LogP contribution in [0.2, 0.25) is 0 Å². The smallest absolute Gasteiger partial charge is 0.308 e. The van der Waals surface area contributed by atoms with Gasteiger partial charge in [0.15, 0.2) is 0 Å². The van der Waals surface area contributed by atoms with E-state index in [0.29, 0.717) is 24.2 Å². The lowest BCUT2D eigenvalue weighted by Crippen LogP contribution is -2.30. The van der Waals surface area contributed by atoms with E-state index in [1.165, 1.54) is 0 Å². The Balaban J connectivity index is 1.81. The van der Waals surface area contributed by atoms with Gasteiger partial charge in [-0.3, -0.25) is 9.59 Å². The van der Waals surface area contributed by atoms with Crippen molar-refractivity contribution in [1.82, 2.24) is 4.90 Å². The third-order valence-corrected chi connectivity index (χ3v) is 4.33. The fraction of sp³-hybridized carbons (Fsp3) is 0.263. The van der Waals surface area contributed by atoms with Gasteiger partial charge in [-0.25, -0.2) is 0 Å². The summed E-state index contributed by atoms with van der Waals surface area (Å²) in [4.78, 5) is 25.5. The number of nitrogens with one attached hydrogen (secondary N) is 1.